The number of aliphatic imine (C=N–C) groups is 1. The molecule has 5 rings (SSSR count). The molecule has 41 heavy (non-hydrogen) atoms. The molecule has 1 aromatic heterocycles. The van der Waals surface area contributed by atoms with Crippen LogP contribution in [-0.4, -0.2) is 21.5 Å². The van der Waals surface area contributed by atoms with Gasteiger partial charge in [0.15, 0.2) is 0 Å². The third-order valence-corrected chi connectivity index (χ3v) is 8.40. The van der Waals surface area contributed by atoms with Crippen LogP contribution in [0, 0.1) is 24.6 Å². The number of hydrogen-bond donors (Lipinski definition) is 0. The maximum atomic E-state index is 13.9. The van der Waals surface area contributed by atoms with E-state index in [1.165, 1.54) is 12.3 Å². The molecule has 0 saturated heterocycles. The molecule has 2 unspecified atom stereocenters. The molecule has 2 heterocycles. The Morgan fingerprint density at radius 3 is 2.59 bits per heavy atom. The van der Waals surface area contributed by atoms with Gasteiger partial charge in [0.1, 0.15) is 23.3 Å². The monoisotopic (exact) mass is 555 g/mol. The SMILES string of the molecule is Cc1cc(-c2cn(-c3ccccc3)c(CC(=O)CCC3CCCC(CC4=CCCC=C(F)C=N4)CC3)n2)ccc1F. The first-order valence-corrected chi connectivity index (χ1v) is 15.0. The number of para-hydroxylation sites is 1. The van der Waals surface area contributed by atoms with E-state index in [1.54, 1.807) is 25.1 Å². The van der Waals surface area contributed by atoms with Crippen LogP contribution in [-0.2, 0) is 11.2 Å². The Labute approximate surface area is 241 Å². The van der Waals surface area contributed by atoms with Crippen LogP contribution in [0.1, 0.15) is 75.6 Å². The number of benzene rings is 2. The van der Waals surface area contributed by atoms with Gasteiger partial charge in [-0.05, 0) is 92.8 Å². The van der Waals surface area contributed by atoms with E-state index in [0.29, 0.717) is 29.6 Å². The van der Waals surface area contributed by atoms with E-state index < -0.39 is 0 Å². The average Bonchev–Trinajstić information content (AvgIpc) is 3.25. The summed E-state index contributed by atoms with van der Waals surface area (Å²) in [6.45, 7) is 1.75. The van der Waals surface area contributed by atoms with E-state index >= 15 is 0 Å². The number of imidazole rings is 1. The summed E-state index contributed by atoms with van der Waals surface area (Å²) >= 11 is 0. The first-order chi connectivity index (χ1) is 19.9. The molecule has 0 radical (unpaired) electrons. The minimum Gasteiger partial charge on any atom is -0.303 e. The van der Waals surface area contributed by atoms with Crippen LogP contribution in [0.4, 0.5) is 8.78 Å². The van der Waals surface area contributed by atoms with E-state index in [1.807, 2.05) is 41.1 Å². The zero-order valence-electron chi connectivity index (χ0n) is 23.9. The summed E-state index contributed by atoms with van der Waals surface area (Å²) in [5.74, 6) is 1.53. The summed E-state index contributed by atoms with van der Waals surface area (Å²) < 4.78 is 29.5. The first kappa shape index (κ1) is 28.8. The van der Waals surface area contributed by atoms with Gasteiger partial charge in [0.2, 0.25) is 0 Å². The topological polar surface area (TPSA) is 47.2 Å². The zero-order chi connectivity index (χ0) is 28.6. The standard InChI is InChI=1S/C35H39F2N3O/c1-25-20-28(17-19-33(25)37)34-24-40(31-12-3-2-4-13-31)35(39-34)22-32(41)18-16-26-8-7-9-27(15-14-26)21-30-11-6-5-10-29(36)23-38-30/h2-4,10-13,17,19-20,23-24,26-27H,5-9,14-16,18,21-22H2,1H3. The number of aromatic nitrogens is 2. The number of halogens is 2. The Hall–Kier alpha value is -3.67. The van der Waals surface area contributed by atoms with E-state index in [4.69, 9.17) is 4.98 Å². The van der Waals surface area contributed by atoms with E-state index in [0.717, 1.165) is 80.4 Å². The fourth-order valence-electron chi connectivity index (χ4n) is 6.03. The van der Waals surface area contributed by atoms with Gasteiger partial charge in [-0.15, -0.1) is 0 Å². The first-order valence-electron chi connectivity index (χ1n) is 15.0. The number of carbonyl (C=O) groups excluding carboxylic acids is 1. The second kappa shape index (κ2) is 13.8. The molecule has 6 heteroatoms. The summed E-state index contributed by atoms with van der Waals surface area (Å²) in [4.78, 5) is 22.4. The minimum atomic E-state index is -0.241. The van der Waals surface area contributed by atoms with Crippen molar-refractivity contribution in [1.29, 1.82) is 0 Å². The number of carbonyl (C=O) groups is 1. The van der Waals surface area contributed by atoms with Crippen LogP contribution in [0.25, 0.3) is 16.9 Å². The van der Waals surface area contributed by atoms with Crippen LogP contribution >= 0.6 is 0 Å². The lowest BCUT2D eigenvalue weighted by Gasteiger charge is -2.16. The quantitative estimate of drug-likeness (QED) is 0.247. The van der Waals surface area contributed by atoms with Crippen molar-refractivity contribution in [2.75, 3.05) is 0 Å². The van der Waals surface area contributed by atoms with Crippen molar-refractivity contribution in [3.8, 4) is 16.9 Å². The van der Waals surface area contributed by atoms with Gasteiger partial charge in [-0.25, -0.2) is 13.8 Å². The summed E-state index contributed by atoms with van der Waals surface area (Å²) in [5, 5.41) is 0. The Morgan fingerprint density at radius 2 is 1.76 bits per heavy atom. The van der Waals surface area contributed by atoms with Crippen molar-refractivity contribution >= 4 is 12.0 Å². The molecule has 0 spiro atoms. The number of Topliss-reactive ketones (excluding diaryl/α,β-unsaturated/α-hetero) is 1. The zero-order valence-corrected chi connectivity index (χ0v) is 23.9. The fraction of sp³-hybridized carbons (Fsp3) is 0.400. The van der Waals surface area contributed by atoms with Gasteiger partial charge in [0.05, 0.1) is 18.3 Å². The number of rotatable bonds is 9. The molecule has 1 saturated carbocycles. The molecule has 1 fully saturated rings. The predicted octanol–water partition coefficient (Wildman–Crippen LogP) is 9.07. The van der Waals surface area contributed by atoms with Crippen LogP contribution < -0.4 is 0 Å². The molecule has 4 nitrogen and oxygen atoms in total. The molecule has 0 bridgehead atoms. The van der Waals surface area contributed by atoms with Crippen LogP contribution in [0.15, 0.2) is 83.4 Å². The molecule has 2 aliphatic rings. The Bertz CT molecular complexity index is 1440. The number of allylic oxidation sites excluding steroid dienone is 4. The molecule has 3 aromatic rings. The molecule has 0 N–H and O–H groups in total. The van der Waals surface area contributed by atoms with Gasteiger partial charge in [-0.2, -0.15) is 0 Å². The van der Waals surface area contributed by atoms with Crippen molar-refractivity contribution in [2.45, 2.75) is 77.6 Å². The van der Waals surface area contributed by atoms with Crippen molar-refractivity contribution in [3.63, 3.8) is 0 Å². The molecule has 1 aliphatic heterocycles. The Balaban J connectivity index is 1.19. The van der Waals surface area contributed by atoms with E-state index in [-0.39, 0.29) is 23.8 Å². The highest BCUT2D eigenvalue weighted by atomic mass is 19.1. The van der Waals surface area contributed by atoms with Gasteiger partial charge >= 0.3 is 0 Å². The second-order valence-electron chi connectivity index (χ2n) is 11.5. The highest BCUT2D eigenvalue weighted by Crippen LogP contribution is 2.34. The molecule has 2 atom stereocenters. The second-order valence-corrected chi connectivity index (χ2v) is 11.5. The molecular weight excluding hydrogens is 516 g/mol. The van der Waals surface area contributed by atoms with Gasteiger partial charge in [0.25, 0.3) is 0 Å². The Kier molecular flexibility index (Phi) is 9.71. The fourth-order valence-corrected chi connectivity index (χ4v) is 6.03. The van der Waals surface area contributed by atoms with Gasteiger partial charge in [-0.1, -0.05) is 50.0 Å². The maximum absolute atomic E-state index is 13.9. The average molecular weight is 556 g/mol. The number of hydrogen-bond acceptors (Lipinski definition) is 3. The molecule has 214 valence electrons. The minimum absolute atomic E-state index is 0.194. The number of aryl methyl sites for hydroxylation is 1. The van der Waals surface area contributed by atoms with Crippen molar-refractivity contribution in [2.24, 2.45) is 16.8 Å². The summed E-state index contributed by atoms with van der Waals surface area (Å²) in [6, 6.07) is 14.9. The largest absolute Gasteiger partial charge is 0.303 e. The molecular formula is C35H39F2N3O. The maximum Gasteiger partial charge on any atom is 0.140 e. The predicted molar refractivity (Wildman–Crippen MR) is 161 cm³/mol. The van der Waals surface area contributed by atoms with E-state index in [9.17, 15) is 13.6 Å². The lowest BCUT2D eigenvalue weighted by atomic mass is 9.91. The summed E-state index contributed by atoms with van der Waals surface area (Å²) in [6.07, 6.45) is 16.9. The molecule has 1 aliphatic carbocycles. The third kappa shape index (κ3) is 7.96. The Morgan fingerprint density at radius 1 is 0.976 bits per heavy atom. The summed E-state index contributed by atoms with van der Waals surface area (Å²) in [5.41, 5.74) is 4.10. The van der Waals surface area contributed by atoms with Crippen molar-refractivity contribution < 1.29 is 13.6 Å². The lowest BCUT2D eigenvalue weighted by molar-refractivity contribution is -0.118. The lowest BCUT2D eigenvalue weighted by Crippen LogP contribution is -2.11. The summed E-state index contributed by atoms with van der Waals surface area (Å²) in [7, 11) is 0. The van der Waals surface area contributed by atoms with Crippen LogP contribution in [0.5, 0.6) is 0 Å². The van der Waals surface area contributed by atoms with Gasteiger partial charge in [-0.3, -0.25) is 9.79 Å². The highest BCUT2D eigenvalue weighted by Gasteiger charge is 2.22. The van der Waals surface area contributed by atoms with E-state index in [2.05, 4.69) is 11.1 Å². The molecule has 0 amide bonds. The smallest absolute Gasteiger partial charge is 0.140 e. The highest BCUT2D eigenvalue weighted by molar-refractivity contribution is 5.80. The normalized spacial score (nSPS) is 19.6. The third-order valence-electron chi connectivity index (χ3n) is 8.40. The number of ketones is 1. The van der Waals surface area contributed by atoms with Crippen LogP contribution in [0.2, 0.25) is 0 Å². The van der Waals surface area contributed by atoms with Gasteiger partial charge < -0.3 is 4.57 Å². The molecule has 2 aromatic carbocycles. The number of nitrogens with zero attached hydrogens (tertiary/aromatic N) is 3. The van der Waals surface area contributed by atoms with Crippen LogP contribution in [0.3, 0.4) is 0 Å². The van der Waals surface area contributed by atoms with Crippen molar-refractivity contribution in [1.82, 2.24) is 9.55 Å². The van der Waals surface area contributed by atoms with Gasteiger partial charge in [0, 0.05) is 29.6 Å². The van der Waals surface area contributed by atoms with Crippen molar-refractivity contribution in [3.05, 3.63) is 95.6 Å².